The van der Waals surface area contributed by atoms with Crippen LogP contribution in [0.3, 0.4) is 0 Å². The molecule has 1 saturated carbocycles. The molecule has 3 rings (SSSR count). The third-order valence-corrected chi connectivity index (χ3v) is 4.29. The van der Waals surface area contributed by atoms with Gasteiger partial charge in [-0.05, 0) is 32.6 Å². The van der Waals surface area contributed by atoms with Crippen LogP contribution in [-0.2, 0) is 10.3 Å². The van der Waals surface area contributed by atoms with Crippen LogP contribution in [0.2, 0.25) is 0 Å². The zero-order valence-corrected chi connectivity index (χ0v) is 9.27. The Hall–Kier alpha value is -0.410. The van der Waals surface area contributed by atoms with Crippen LogP contribution in [-0.4, -0.2) is 11.6 Å². The Labute approximate surface area is 88.3 Å². The molecule has 2 fully saturated rings. The molecule has 0 spiro atoms. The van der Waals surface area contributed by atoms with E-state index in [-0.39, 0.29) is 5.60 Å². The molecule has 2 aliphatic rings. The number of thiazole rings is 1. The van der Waals surface area contributed by atoms with E-state index in [4.69, 9.17) is 9.72 Å². The van der Waals surface area contributed by atoms with Gasteiger partial charge in [-0.3, -0.25) is 0 Å². The minimum atomic E-state index is -0.0716. The average molecular weight is 209 g/mol. The summed E-state index contributed by atoms with van der Waals surface area (Å²) < 4.78 is 5.79. The quantitative estimate of drug-likeness (QED) is 0.747. The molecule has 0 N–H and O–H groups in total. The van der Waals surface area contributed by atoms with Crippen LogP contribution in [0.25, 0.3) is 0 Å². The van der Waals surface area contributed by atoms with Crippen LogP contribution in [0.1, 0.15) is 49.2 Å². The predicted octanol–water partition coefficient (Wildman–Crippen LogP) is 3.05. The highest BCUT2D eigenvalue weighted by Gasteiger charge is 2.36. The summed E-state index contributed by atoms with van der Waals surface area (Å²) in [5.74, 6) is 0.769. The molecule has 1 aromatic rings. The summed E-state index contributed by atoms with van der Waals surface area (Å²) in [4.78, 5) is 4.72. The lowest BCUT2D eigenvalue weighted by atomic mass is 10.0. The highest BCUT2D eigenvalue weighted by atomic mass is 32.1. The highest BCUT2D eigenvalue weighted by molar-refractivity contribution is 7.09. The lowest BCUT2D eigenvalue weighted by Crippen LogP contribution is -2.19. The minimum Gasteiger partial charge on any atom is -0.368 e. The topological polar surface area (TPSA) is 22.1 Å². The molecule has 2 heterocycles. The molecule has 14 heavy (non-hydrogen) atoms. The Bertz CT molecular complexity index is 337. The minimum absolute atomic E-state index is 0.0716. The normalized spacial score (nSPS) is 32.4. The molecular weight excluding hydrogens is 194 g/mol. The summed E-state index contributed by atoms with van der Waals surface area (Å²) in [6, 6.07) is 0. The smallest absolute Gasteiger partial charge is 0.125 e. The van der Waals surface area contributed by atoms with E-state index in [1.807, 2.05) is 0 Å². The summed E-state index contributed by atoms with van der Waals surface area (Å²) in [7, 11) is 0. The van der Waals surface area contributed by atoms with Gasteiger partial charge in [0.1, 0.15) is 10.6 Å². The monoisotopic (exact) mass is 209 g/mol. The van der Waals surface area contributed by atoms with E-state index < -0.39 is 0 Å². The number of aromatic nitrogens is 1. The maximum absolute atomic E-state index is 5.79. The molecule has 1 saturated heterocycles. The van der Waals surface area contributed by atoms with Gasteiger partial charge in [0.15, 0.2) is 0 Å². The second-order valence-corrected chi connectivity index (χ2v) is 5.39. The molecule has 1 aliphatic heterocycles. The van der Waals surface area contributed by atoms with E-state index >= 15 is 0 Å². The highest BCUT2D eigenvalue weighted by Crippen LogP contribution is 2.43. The maximum Gasteiger partial charge on any atom is 0.125 e. The van der Waals surface area contributed by atoms with Crippen molar-refractivity contribution in [1.82, 2.24) is 4.98 Å². The van der Waals surface area contributed by atoms with Crippen molar-refractivity contribution in [3.8, 4) is 0 Å². The first-order valence-electron chi connectivity index (χ1n) is 5.38. The Morgan fingerprint density at radius 1 is 1.57 bits per heavy atom. The number of nitrogens with zero attached hydrogens (tertiary/aromatic N) is 1. The third-order valence-electron chi connectivity index (χ3n) is 3.19. The molecule has 0 amide bonds. The summed E-state index contributed by atoms with van der Waals surface area (Å²) in [6.07, 6.45) is 4.97. The van der Waals surface area contributed by atoms with Gasteiger partial charge in [0.2, 0.25) is 0 Å². The molecule has 2 nitrogen and oxygen atoms in total. The average Bonchev–Trinajstić information content (AvgIpc) is 2.75. The molecule has 1 atom stereocenters. The van der Waals surface area contributed by atoms with E-state index in [9.17, 15) is 0 Å². The zero-order valence-electron chi connectivity index (χ0n) is 8.45. The van der Waals surface area contributed by atoms with Crippen molar-refractivity contribution >= 4 is 11.3 Å². The second-order valence-electron chi connectivity index (χ2n) is 4.53. The first-order valence-corrected chi connectivity index (χ1v) is 6.26. The van der Waals surface area contributed by atoms with Gasteiger partial charge in [0.25, 0.3) is 0 Å². The standard InChI is InChI=1S/C11H15NOS/c1-11(5-2-6-13-11)10-12-9(7-14-10)8-3-4-8/h7-8H,2-6H2,1H3. The summed E-state index contributed by atoms with van der Waals surface area (Å²) in [5, 5.41) is 3.41. The fourth-order valence-electron chi connectivity index (χ4n) is 2.04. The lowest BCUT2D eigenvalue weighted by molar-refractivity contribution is 0.0165. The van der Waals surface area contributed by atoms with E-state index in [1.54, 1.807) is 11.3 Å². The van der Waals surface area contributed by atoms with Gasteiger partial charge in [-0.2, -0.15) is 0 Å². The van der Waals surface area contributed by atoms with Crippen molar-refractivity contribution in [2.24, 2.45) is 0 Å². The van der Waals surface area contributed by atoms with Crippen molar-refractivity contribution in [3.05, 3.63) is 16.1 Å². The van der Waals surface area contributed by atoms with Crippen molar-refractivity contribution in [1.29, 1.82) is 0 Å². The molecule has 0 bridgehead atoms. The van der Waals surface area contributed by atoms with E-state index in [0.717, 1.165) is 18.9 Å². The number of hydrogen-bond acceptors (Lipinski definition) is 3. The van der Waals surface area contributed by atoms with E-state index in [0.29, 0.717) is 0 Å². The van der Waals surface area contributed by atoms with Crippen molar-refractivity contribution in [2.45, 2.75) is 44.1 Å². The number of hydrogen-bond donors (Lipinski definition) is 0. The fourth-order valence-corrected chi connectivity index (χ4v) is 3.09. The van der Waals surface area contributed by atoms with Crippen LogP contribution in [0, 0.1) is 0 Å². The lowest BCUT2D eigenvalue weighted by Gasteiger charge is -2.19. The van der Waals surface area contributed by atoms with Gasteiger partial charge in [-0.25, -0.2) is 4.98 Å². The Balaban J connectivity index is 1.87. The Morgan fingerprint density at radius 2 is 2.43 bits per heavy atom. The first kappa shape index (κ1) is 8.86. The number of ether oxygens (including phenoxy) is 1. The van der Waals surface area contributed by atoms with Crippen molar-refractivity contribution < 1.29 is 4.74 Å². The largest absolute Gasteiger partial charge is 0.368 e. The van der Waals surface area contributed by atoms with Gasteiger partial charge in [0, 0.05) is 17.9 Å². The first-order chi connectivity index (χ1) is 6.78. The molecule has 0 radical (unpaired) electrons. The summed E-state index contributed by atoms with van der Waals surface area (Å²) >= 11 is 1.78. The van der Waals surface area contributed by atoms with E-state index in [1.165, 1.54) is 30.0 Å². The molecule has 1 aromatic heterocycles. The Morgan fingerprint density at radius 3 is 3.07 bits per heavy atom. The van der Waals surface area contributed by atoms with Gasteiger partial charge in [-0.1, -0.05) is 0 Å². The van der Waals surface area contributed by atoms with Crippen LogP contribution in [0.4, 0.5) is 0 Å². The van der Waals surface area contributed by atoms with Crippen LogP contribution >= 0.6 is 11.3 Å². The van der Waals surface area contributed by atoms with Gasteiger partial charge in [0.05, 0.1) is 5.69 Å². The molecule has 1 unspecified atom stereocenters. The molecule has 76 valence electrons. The molecule has 3 heteroatoms. The zero-order chi connectivity index (χ0) is 9.60. The maximum atomic E-state index is 5.79. The van der Waals surface area contributed by atoms with Gasteiger partial charge in [-0.15, -0.1) is 11.3 Å². The van der Waals surface area contributed by atoms with Gasteiger partial charge < -0.3 is 4.74 Å². The molecule has 1 aliphatic carbocycles. The van der Waals surface area contributed by atoms with Crippen molar-refractivity contribution in [3.63, 3.8) is 0 Å². The van der Waals surface area contributed by atoms with Crippen LogP contribution in [0.15, 0.2) is 5.38 Å². The predicted molar refractivity (Wildman–Crippen MR) is 56.6 cm³/mol. The van der Waals surface area contributed by atoms with E-state index in [2.05, 4.69) is 12.3 Å². The second kappa shape index (κ2) is 3.04. The summed E-state index contributed by atoms with van der Waals surface area (Å²) in [6.45, 7) is 3.07. The summed E-state index contributed by atoms with van der Waals surface area (Å²) in [5.41, 5.74) is 1.24. The van der Waals surface area contributed by atoms with Crippen molar-refractivity contribution in [2.75, 3.05) is 6.61 Å². The SMILES string of the molecule is CC1(c2nc(C3CC3)cs2)CCCO1. The third kappa shape index (κ3) is 1.39. The van der Waals surface area contributed by atoms with Gasteiger partial charge >= 0.3 is 0 Å². The molecular formula is C11H15NOS. The number of rotatable bonds is 2. The Kier molecular flexibility index (Phi) is 1.92. The van der Waals surface area contributed by atoms with Crippen LogP contribution < -0.4 is 0 Å². The fraction of sp³-hybridized carbons (Fsp3) is 0.727. The van der Waals surface area contributed by atoms with Crippen LogP contribution in [0.5, 0.6) is 0 Å². The molecule has 0 aromatic carbocycles.